The predicted molar refractivity (Wildman–Crippen MR) is 133 cm³/mol. The summed E-state index contributed by atoms with van der Waals surface area (Å²) in [5.74, 6) is 0.497. The Hall–Kier alpha value is -4.25. The fraction of sp³-hybridized carbons (Fsp3) is 0.167. The maximum Gasteiger partial charge on any atom is 0.308 e. The van der Waals surface area contributed by atoms with Crippen LogP contribution in [0.3, 0.4) is 0 Å². The first kappa shape index (κ1) is 22.5. The van der Waals surface area contributed by atoms with Crippen molar-refractivity contribution in [2.45, 2.75) is 32.6 Å². The van der Waals surface area contributed by atoms with Crippen molar-refractivity contribution in [3.8, 4) is 23.0 Å². The summed E-state index contributed by atoms with van der Waals surface area (Å²) in [6, 6.07) is 22.3. The third-order valence-corrected chi connectivity index (χ3v) is 6.56. The van der Waals surface area contributed by atoms with Crippen LogP contribution in [0.25, 0.3) is 0 Å². The maximum absolute atomic E-state index is 12.0. The van der Waals surface area contributed by atoms with Crippen LogP contribution in [0.2, 0.25) is 0 Å². The molecule has 5 heteroatoms. The molecule has 5 nitrogen and oxygen atoms in total. The molecule has 0 saturated carbocycles. The number of carbonyl (C=O) groups excluding carboxylic acids is 1. The summed E-state index contributed by atoms with van der Waals surface area (Å²) in [5, 5.41) is 33.2. The van der Waals surface area contributed by atoms with E-state index in [4.69, 9.17) is 4.74 Å². The number of hydrogen-bond donors (Lipinski definition) is 3. The van der Waals surface area contributed by atoms with Crippen LogP contribution in [-0.2, 0) is 30.5 Å². The number of benzene rings is 4. The Labute approximate surface area is 203 Å². The Bertz CT molecular complexity index is 1340. The highest BCUT2D eigenvalue weighted by Crippen LogP contribution is 2.37. The molecule has 1 aliphatic carbocycles. The van der Waals surface area contributed by atoms with E-state index in [1.807, 2.05) is 72.8 Å². The third-order valence-electron chi connectivity index (χ3n) is 6.56. The molecule has 0 atom stereocenters. The largest absolute Gasteiger partial charge is 0.507 e. The summed E-state index contributed by atoms with van der Waals surface area (Å²) in [4.78, 5) is 12.0. The van der Waals surface area contributed by atoms with Gasteiger partial charge in [0.15, 0.2) is 0 Å². The highest BCUT2D eigenvalue weighted by molar-refractivity contribution is 5.71. The highest BCUT2D eigenvalue weighted by Gasteiger charge is 2.19. The molecule has 3 N–H and O–H groups in total. The first-order valence-electron chi connectivity index (χ1n) is 11.6. The van der Waals surface area contributed by atoms with Gasteiger partial charge in [-0.3, -0.25) is 4.79 Å². The molecule has 35 heavy (non-hydrogen) atoms. The molecule has 0 saturated heterocycles. The predicted octanol–water partition coefficient (Wildman–Crippen LogP) is 5.41. The molecule has 0 fully saturated rings. The van der Waals surface area contributed by atoms with E-state index in [1.54, 1.807) is 0 Å². The molecule has 0 unspecified atom stereocenters. The van der Waals surface area contributed by atoms with E-state index >= 15 is 0 Å². The number of phenolic OH excluding ortho intramolecular Hbond substituents is 3. The Morgan fingerprint density at radius 1 is 0.543 bits per heavy atom. The molecule has 0 radical (unpaired) electrons. The average Bonchev–Trinajstić information content (AvgIpc) is 2.82. The number of ether oxygens (including phenoxy) is 1. The lowest BCUT2D eigenvalue weighted by Gasteiger charge is -2.18. The van der Waals surface area contributed by atoms with Gasteiger partial charge in [-0.1, -0.05) is 72.8 Å². The van der Waals surface area contributed by atoms with Gasteiger partial charge in [-0.05, 0) is 44.5 Å². The second-order valence-corrected chi connectivity index (χ2v) is 8.98. The topological polar surface area (TPSA) is 87.0 Å². The van der Waals surface area contributed by atoms with E-state index < -0.39 is 5.97 Å². The number of esters is 1. The fourth-order valence-electron chi connectivity index (χ4n) is 4.80. The van der Waals surface area contributed by atoms with Crippen LogP contribution in [0.5, 0.6) is 23.0 Å². The number of para-hydroxylation sites is 4. The van der Waals surface area contributed by atoms with Crippen LogP contribution < -0.4 is 4.74 Å². The van der Waals surface area contributed by atoms with Crippen molar-refractivity contribution < 1.29 is 24.9 Å². The minimum Gasteiger partial charge on any atom is -0.507 e. The monoisotopic (exact) mass is 466 g/mol. The molecule has 0 amide bonds. The van der Waals surface area contributed by atoms with Gasteiger partial charge in [0.05, 0.1) is 0 Å². The molecule has 0 spiro atoms. The van der Waals surface area contributed by atoms with Gasteiger partial charge in [0, 0.05) is 32.6 Å². The zero-order valence-electron chi connectivity index (χ0n) is 19.4. The van der Waals surface area contributed by atoms with Gasteiger partial charge in [-0.25, -0.2) is 0 Å². The normalized spacial score (nSPS) is 12.7. The van der Waals surface area contributed by atoms with E-state index in [9.17, 15) is 20.1 Å². The van der Waals surface area contributed by atoms with Crippen LogP contribution in [-0.4, -0.2) is 21.3 Å². The standard InChI is InChI=1S/C30H26O5/c1-18(31)35-30-25-12-5-13-26(30)17-24-11-4-9-22(29(24)34)15-20-7-2-6-19(27(20)32)14-21-8-3-10-23(16-25)28(21)33/h2-13,32-34H,14-17H2,1H3. The molecule has 5 rings (SSSR count). The van der Waals surface area contributed by atoms with Crippen molar-refractivity contribution in [1.29, 1.82) is 0 Å². The fourth-order valence-corrected chi connectivity index (χ4v) is 4.80. The molecular weight excluding hydrogens is 440 g/mol. The summed E-state index contributed by atoms with van der Waals surface area (Å²) >= 11 is 0. The van der Waals surface area contributed by atoms with Gasteiger partial charge in [-0.15, -0.1) is 0 Å². The number of rotatable bonds is 1. The first-order chi connectivity index (χ1) is 16.9. The molecule has 1 aliphatic rings. The van der Waals surface area contributed by atoms with Crippen LogP contribution in [0, 0.1) is 0 Å². The lowest BCUT2D eigenvalue weighted by Crippen LogP contribution is -2.08. The minimum absolute atomic E-state index is 0.159. The quantitative estimate of drug-likeness (QED) is 0.227. The van der Waals surface area contributed by atoms with Gasteiger partial charge in [-0.2, -0.15) is 0 Å². The smallest absolute Gasteiger partial charge is 0.308 e. The van der Waals surface area contributed by atoms with Crippen molar-refractivity contribution in [3.05, 3.63) is 117 Å². The number of carbonyl (C=O) groups is 1. The van der Waals surface area contributed by atoms with E-state index in [2.05, 4.69) is 0 Å². The van der Waals surface area contributed by atoms with Crippen molar-refractivity contribution in [1.82, 2.24) is 0 Å². The summed E-state index contributed by atoms with van der Waals surface area (Å²) in [5.41, 5.74) is 5.69. The lowest BCUT2D eigenvalue weighted by atomic mass is 9.91. The first-order valence-corrected chi connectivity index (χ1v) is 11.6. The second kappa shape index (κ2) is 9.18. The van der Waals surface area contributed by atoms with Crippen molar-refractivity contribution in [2.24, 2.45) is 0 Å². The molecule has 0 aliphatic heterocycles. The third kappa shape index (κ3) is 4.45. The maximum atomic E-state index is 12.0. The van der Waals surface area contributed by atoms with Gasteiger partial charge in [0.1, 0.15) is 23.0 Å². The molecular formula is C30H26O5. The summed E-state index contributed by atoms with van der Waals surface area (Å²) in [6.45, 7) is 1.36. The van der Waals surface area contributed by atoms with Gasteiger partial charge in [0.2, 0.25) is 0 Å². The van der Waals surface area contributed by atoms with Gasteiger partial charge >= 0.3 is 5.97 Å². The minimum atomic E-state index is -0.432. The average molecular weight is 467 g/mol. The molecule has 176 valence electrons. The number of aromatic hydroxyl groups is 3. The SMILES string of the molecule is CC(=O)Oc1c2cccc1Cc1cccc(c1O)Cc1cccc(c1O)Cc1cccc(c1O)C2. The van der Waals surface area contributed by atoms with Crippen LogP contribution in [0.1, 0.15) is 51.4 Å². The van der Waals surface area contributed by atoms with Crippen molar-refractivity contribution in [3.63, 3.8) is 0 Å². The summed E-state index contributed by atoms with van der Waals surface area (Å²) < 4.78 is 5.66. The lowest BCUT2D eigenvalue weighted by molar-refractivity contribution is -0.132. The molecule has 0 aromatic heterocycles. The molecule has 4 aromatic rings. The Morgan fingerprint density at radius 3 is 1.09 bits per heavy atom. The van der Waals surface area contributed by atoms with Crippen LogP contribution >= 0.6 is 0 Å². The van der Waals surface area contributed by atoms with Gasteiger partial charge in [0.25, 0.3) is 0 Å². The Balaban J connectivity index is 1.73. The molecule has 0 heterocycles. The second-order valence-electron chi connectivity index (χ2n) is 8.98. The number of phenols is 3. The van der Waals surface area contributed by atoms with Crippen LogP contribution in [0.15, 0.2) is 72.8 Å². The van der Waals surface area contributed by atoms with E-state index in [0.717, 1.165) is 11.1 Å². The van der Waals surface area contributed by atoms with Crippen molar-refractivity contribution in [2.75, 3.05) is 0 Å². The molecule has 4 aromatic carbocycles. The van der Waals surface area contributed by atoms with Gasteiger partial charge < -0.3 is 20.1 Å². The Kier molecular flexibility index (Phi) is 5.91. The zero-order valence-corrected chi connectivity index (χ0v) is 19.4. The van der Waals surface area contributed by atoms with E-state index in [1.165, 1.54) is 6.92 Å². The van der Waals surface area contributed by atoms with E-state index in [0.29, 0.717) is 64.8 Å². The zero-order chi connectivity index (χ0) is 24.5. The number of fused-ring (bicyclic) bond motifs is 8. The van der Waals surface area contributed by atoms with Crippen LogP contribution in [0.4, 0.5) is 0 Å². The van der Waals surface area contributed by atoms with Crippen molar-refractivity contribution >= 4 is 5.97 Å². The Morgan fingerprint density at radius 2 is 0.800 bits per heavy atom. The highest BCUT2D eigenvalue weighted by atomic mass is 16.5. The van der Waals surface area contributed by atoms with E-state index in [-0.39, 0.29) is 17.2 Å². The summed E-state index contributed by atoms with van der Waals surface area (Å²) in [6.07, 6.45) is 1.41. The number of hydrogen-bond acceptors (Lipinski definition) is 5. The summed E-state index contributed by atoms with van der Waals surface area (Å²) in [7, 11) is 0. The molecule has 8 bridgehead atoms.